The van der Waals surface area contributed by atoms with E-state index >= 15 is 0 Å². The van der Waals surface area contributed by atoms with Crippen molar-refractivity contribution in [2.75, 3.05) is 5.32 Å². The predicted octanol–water partition coefficient (Wildman–Crippen LogP) is 6.95. The van der Waals surface area contributed by atoms with E-state index in [1.165, 1.54) is 29.4 Å². The molecule has 0 aliphatic heterocycles. The Bertz CT molecular complexity index is 1510. The molecule has 1 heterocycles. The Labute approximate surface area is 221 Å². The van der Waals surface area contributed by atoms with Crippen molar-refractivity contribution in [1.82, 2.24) is 4.90 Å². The summed E-state index contributed by atoms with van der Waals surface area (Å²) in [6.45, 7) is 0.126. The van der Waals surface area contributed by atoms with Crippen LogP contribution in [0.25, 0.3) is 0 Å². The van der Waals surface area contributed by atoms with E-state index in [9.17, 15) is 26.4 Å². The first kappa shape index (κ1) is 27.1. The van der Waals surface area contributed by atoms with Crippen LogP contribution in [0.1, 0.15) is 16.9 Å². The Morgan fingerprint density at radius 2 is 1.68 bits per heavy atom. The topological polar surface area (TPSA) is 88.9 Å². The molecule has 0 bridgehead atoms. The Morgan fingerprint density at radius 1 is 0.947 bits per heavy atom. The van der Waals surface area contributed by atoms with Crippen molar-refractivity contribution in [2.24, 2.45) is 0 Å². The van der Waals surface area contributed by atoms with E-state index in [1.807, 2.05) is 0 Å². The number of carbonyl (C=O) groups is 1. The van der Waals surface area contributed by atoms with E-state index in [-0.39, 0.29) is 18.8 Å². The summed E-state index contributed by atoms with van der Waals surface area (Å²) in [4.78, 5) is 13.8. The number of nitrogens with zero attached hydrogens (tertiary/aromatic N) is 1. The molecule has 0 spiro atoms. The van der Waals surface area contributed by atoms with Crippen LogP contribution in [0.2, 0.25) is 5.02 Å². The Hall–Kier alpha value is -3.96. The van der Waals surface area contributed by atoms with E-state index in [0.717, 1.165) is 18.2 Å². The van der Waals surface area contributed by atoms with Crippen molar-refractivity contribution in [3.8, 4) is 5.75 Å². The van der Waals surface area contributed by atoms with Gasteiger partial charge in [-0.1, -0.05) is 29.8 Å². The quantitative estimate of drug-likeness (QED) is 0.234. The maximum Gasteiger partial charge on any atom is 0.416 e. The third-order valence-corrected chi connectivity index (χ3v) is 6.73. The van der Waals surface area contributed by atoms with Crippen molar-refractivity contribution in [3.63, 3.8) is 0 Å². The third kappa shape index (κ3) is 7.08. The average Bonchev–Trinajstić information content (AvgIpc) is 3.38. The van der Waals surface area contributed by atoms with Crippen molar-refractivity contribution in [1.29, 1.82) is 0 Å². The molecule has 0 radical (unpaired) electrons. The maximum absolute atomic E-state index is 13.1. The summed E-state index contributed by atoms with van der Waals surface area (Å²) in [6.07, 6.45) is -3.24. The lowest BCUT2D eigenvalue weighted by atomic mass is 10.2. The van der Waals surface area contributed by atoms with Crippen LogP contribution in [0, 0.1) is 0 Å². The van der Waals surface area contributed by atoms with Crippen LogP contribution < -0.4 is 9.50 Å². The maximum atomic E-state index is 13.1. The van der Waals surface area contributed by atoms with Crippen molar-refractivity contribution < 1.29 is 35.0 Å². The molecule has 0 aliphatic rings. The summed E-state index contributed by atoms with van der Waals surface area (Å²) in [7, 11) is -4.56. The number of alkyl halides is 3. The number of hydrogen-bond acceptors (Lipinski definition) is 5. The molecule has 198 valence electrons. The van der Waals surface area contributed by atoms with Gasteiger partial charge in [0.1, 0.15) is 16.4 Å². The second-order valence-corrected chi connectivity index (χ2v) is 10.1. The molecule has 0 saturated heterocycles. The summed E-state index contributed by atoms with van der Waals surface area (Å²) in [5.74, 6) is 0.381. The molecule has 2 amide bonds. The van der Waals surface area contributed by atoms with Crippen molar-refractivity contribution in [2.45, 2.75) is 24.2 Å². The molecule has 4 rings (SSSR count). The second-order valence-electron chi connectivity index (χ2n) is 8.08. The summed E-state index contributed by atoms with van der Waals surface area (Å²) in [5, 5.41) is 3.27. The minimum atomic E-state index is -4.71. The van der Waals surface area contributed by atoms with Gasteiger partial charge < -0.3 is 18.8 Å². The number of amides is 2. The van der Waals surface area contributed by atoms with Gasteiger partial charge in [0.05, 0.1) is 18.4 Å². The van der Waals surface area contributed by atoms with Crippen molar-refractivity contribution >= 4 is 33.4 Å². The van der Waals surface area contributed by atoms with Crippen LogP contribution in [0.15, 0.2) is 101 Å². The number of halogens is 4. The molecular formula is C26H20ClF3N2O5S. The van der Waals surface area contributed by atoms with Crippen LogP contribution in [0.5, 0.6) is 5.75 Å². The highest BCUT2D eigenvalue weighted by molar-refractivity contribution is 7.87. The predicted molar refractivity (Wildman–Crippen MR) is 134 cm³/mol. The summed E-state index contributed by atoms with van der Waals surface area (Å²) >= 11 is 5.90. The zero-order valence-electron chi connectivity index (χ0n) is 19.5. The van der Waals surface area contributed by atoms with Crippen LogP contribution >= 0.6 is 11.6 Å². The number of furan rings is 1. The zero-order valence-corrected chi connectivity index (χ0v) is 21.1. The smallest absolute Gasteiger partial charge is 0.416 e. The van der Waals surface area contributed by atoms with Crippen LogP contribution in [-0.4, -0.2) is 19.3 Å². The van der Waals surface area contributed by atoms with Gasteiger partial charge in [0.25, 0.3) is 0 Å². The van der Waals surface area contributed by atoms with Gasteiger partial charge >= 0.3 is 22.3 Å². The first-order valence-corrected chi connectivity index (χ1v) is 12.8. The fourth-order valence-corrected chi connectivity index (χ4v) is 4.54. The highest BCUT2D eigenvalue weighted by Crippen LogP contribution is 2.31. The molecule has 0 saturated carbocycles. The second kappa shape index (κ2) is 11.2. The van der Waals surface area contributed by atoms with Crippen molar-refractivity contribution in [3.05, 3.63) is 113 Å². The number of nitrogens with one attached hydrogen (secondary N) is 1. The number of anilines is 1. The molecule has 1 N–H and O–H groups in total. The molecule has 0 unspecified atom stereocenters. The number of urea groups is 1. The molecule has 38 heavy (non-hydrogen) atoms. The van der Waals surface area contributed by atoms with E-state index < -0.39 is 32.8 Å². The lowest BCUT2D eigenvalue weighted by molar-refractivity contribution is -0.137. The molecule has 0 fully saturated rings. The zero-order chi connectivity index (χ0) is 27.3. The highest BCUT2D eigenvalue weighted by Gasteiger charge is 2.32. The lowest BCUT2D eigenvalue weighted by Crippen LogP contribution is -2.34. The summed E-state index contributed by atoms with van der Waals surface area (Å²) in [6, 6.07) is 18.6. The molecule has 4 aromatic rings. The molecule has 0 atom stereocenters. The third-order valence-electron chi connectivity index (χ3n) is 5.24. The summed E-state index contributed by atoms with van der Waals surface area (Å²) in [5.41, 5.74) is -0.108. The van der Waals surface area contributed by atoms with Gasteiger partial charge in [0.2, 0.25) is 0 Å². The Morgan fingerprint density at radius 3 is 2.37 bits per heavy atom. The fourth-order valence-electron chi connectivity index (χ4n) is 3.44. The number of hydrogen-bond donors (Lipinski definition) is 1. The van der Waals surface area contributed by atoms with Gasteiger partial charge in [0, 0.05) is 17.3 Å². The Kier molecular flexibility index (Phi) is 7.98. The molecule has 0 aliphatic carbocycles. The normalized spacial score (nSPS) is 11.7. The largest absolute Gasteiger partial charge is 0.467 e. The standard InChI is InChI=1S/C26H20ClF3N2O5S/c27-20-9-11-21(12-10-20)31-25(33)32(17-23-7-3-13-36-23)16-18-4-1-6-22(14-18)37-38(34,35)24-8-2-5-19(15-24)26(28,29)30/h1-15H,16-17H2,(H,31,33). The molecular weight excluding hydrogens is 545 g/mol. The lowest BCUT2D eigenvalue weighted by Gasteiger charge is -2.22. The van der Waals surface area contributed by atoms with Gasteiger partial charge in [-0.15, -0.1) is 0 Å². The van der Waals surface area contributed by atoms with Gasteiger partial charge in [-0.2, -0.15) is 21.6 Å². The minimum Gasteiger partial charge on any atom is -0.467 e. The Balaban J connectivity index is 1.53. The van der Waals surface area contributed by atoms with Crippen LogP contribution in [0.3, 0.4) is 0 Å². The van der Waals surface area contributed by atoms with E-state index in [2.05, 4.69) is 5.32 Å². The monoisotopic (exact) mass is 564 g/mol. The molecule has 3 aromatic carbocycles. The van der Waals surface area contributed by atoms with Crippen LogP contribution in [0.4, 0.5) is 23.7 Å². The van der Waals surface area contributed by atoms with Gasteiger partial charge in [-0.25, -0.2) is 4.79 Å². The van der Waals surface area contributed by atoms with E-state index in [0.29, 0.717) is 28.1 Å². The van der Waals surface area contributed by atoms with Gasteiger partial charge in [0.15, 0.2) is 0 Å². The van der Waals surface area contributed by atoms with E-state index in [1.54, 1.807) is 42.5 Å². The number of benzene rings is 3. The van der Waals surface area contributed by atoms with Gasteiger partial charge in [-0.05, 0) is 72.3 Å². The minimum absolute atomic E-state index is 0.0287. The van der Waals surface area contributed by atoms with Crippen LogP contribution in [-0.2, 0) is 29.4 Å². The summed E-state index contributed by atoms with van der Waals surface area (Å²) < 4.78 is 74.9. The van der Waals surface area contributed by atoms with Gasteiger partial charge in [-0.3, -0.25) is 0 Å². The average molecular weight is 565 g/mol. The number of rotatable bonds is 8. The molecule has 7 nitrogen and oxygen atoms in total. The highest BCUT2D eigenvalue weighted by atomic mass is 35.5. The van der Waals surface area contributed by atoms with E-state index in [4.69, 9.17) is 20.2 Å². The first-order valence-electron chi connectivity index (χ1n) is 11.0. The number of carbonyl (C=O) groups excluding carboxylic acids is 1. The SMILES string of the molecule is O=C(Nc1ccc(Cl)cc1)N(Cc1cccc(OS(=O)(=O)c2cccc(C(F)(F)F)c2)c1)Cc1ccco1. The first-order chi connectivity index (χ1) is 18.0. The molecule has 1 aromatic heterocycles. The fraction of sp³-hybridized carbons (Fsp3) is 0.115. The molecule has 12 heteroatoms.